The maximum absolute atomic E-state index is 13.5. The molecule has 5 aromatic rings. The number of aromatic amines is 1. The number of nitrogens with one attached hydrogen (secondary N) is 1. The van der Waals surface area contributed by atoms with Gasteiger partial charge in [0.25, 0.3) is 5.56 Å². The van der Waals surface area contributed by atoms with Crippen molar-refractivity contribution in [2.45, 2.75) is 38.6 Å². The van der Waals surface area contributed by atoms with Crippen molar-refractivity contribution < 1.29 is 4.79 Å². The van der Waals surface area contributed by atoms with Gasteiger partial charge in [-0.2, -0.15) is 5.10 Å². The molecule has 9 heteroatoms. The molecule has 5 rings (SSSR count). The Balaban J connectivity index is 1.33. The third kappa shape index (κ3) is 5.70. The number of Topliss-reactive ketones (excluding diaryl/α,β-unsaturated/α-hetero) is 1. The second kappa shape index (κ2) is 10.9. The molecule has 0 radical (unpaired) electrons. The molecule has 4 aromatic heterocycles. The Morgan fingerprint density at radius 3 is 2.65 bits per heavy atom. The van der Waals surface area contributed by atoms with E-state index in [0.29, 0.717) is 34.9 Å². The summed E-state index contributed by atoms with van der Waals surface area (Å²) >= 11 is 6.21. The minimum Gasteiger partial charge on any atom is -0.345 e. The first kappa shape index (κ1) is 24.6. The second-order valence-corrected chi connectivity index (χ2v) is 9.55. The standard InChI is InChI=1S/C28H27ClN6O2/c1-34-17-21(14-33-34)26-16-30-25(9-5-8-19-6-3-2-4-7-19)28(37)35(26)18-22(36)11-10-20-12-23-24(29)15-32-27(23)31-13-20/h2-4,6-7,12-17H,5,8-11,18H2,1H3,(H,31,32). The van der Waals surface area contributed by atoms with E-state index in [4.69, 9.17) is 11.6 Å². The van der Waals surface area contributed by atoms with Gasteiger partial charge < -0.3 is 4.98 Å². The van der Waals surface area contributed by atoms with Gasteiger partial charge in [-0.3, -0.25) is 23.8 Å². The molecule has 0 spiro atoms. The number of hydrogen-bond donors (Lipinski definition) is 1. The van der Waals surface area contributed by atoms with Crippen molar-refractivity contribution >= 4 is 28.4 Å². The van der Waals surface area contributed by atoms with Gasteiger partial charge in [-0.25, -0.2) is 4.98 Å². The fourth-order valence-electron chi connectivity index (χ4n) is 4.44. The number of benzene rings is 1. The number of pyridine rings is 1. The Morgan fingerprint density at radius 1 is 1.03 bits per heavy atom. The molecular formula is C28H27ClN6O2. The summed E-state index contributed by atoms with van der Waals surface area (Å²) in [6.45, 7) is -0.0299. The highest BCUT2D eigenvalue weighted by Gasteiger charge is 2.16. The molecule has 0 saturated carbocycles. The molecule has 0 amide bonds. The van der Waals surface area contributed by atoms with Gasteiger partial charge in [0, 0.05) is 43.0 Å². The average molecular weight is 515 g/mol. The molecule has 188 valence electrons. The minimum absolute atomic E-state index is 0.0299. The molecule has 0 aliphatic carbocycles. The highest BCUT2D eigenvalue weighted by molar-refractivity contribution is 6.35. The van der Waals surface area contributed by atoms with E-state index in [0.717, 1.165) is 29.4 Å². The lowest BCUT2D eigenvalue weighted by Gasteiger charge is -2.13. The zero-order chi connectivity index (χ0) is 25.8. The van der Waals surface area contributed by atoms with E-state index in [1.165, 1.54) is 10.1 Å². The molecule has 4 heterocycles. The van der Waals surface area contributed by atoms with E-state index in [1.807, 2.05) is 37.5 Å². The summed E-state index contributed by atoms with van der Waals surface area (Å²) in [6.07, 6.45) is 11.6. The number of ketones is 1. The number of fused-ring (bicyclic) bond motifs is 1. The van der Waals surface area contributed by atoms with Crippen LogP contribution in [-0.4, -0.2) is 35.1 Å². The topological polar surface area (TPSA) is 98.5 Å². The fourth-order valence-corrected chi connectivity index (χ4v) is 4.64. The van der Waals surface area contributed by atoms with E-state index in [-0.39, 0.29) is 24.3 Å². The molecule has 0 aliphatic rings. The number of aryl methyl sites for hydroxylation is 4. The van der Waals surface area contributed by atoms with Crippen LogP contribution in [0.2, 0.25) is 5.02 Å². The van der Waals surface area contributed by atoms with Gasteiger partial charge in [0.2, 0.25) is 0 Å². The smallest absolute Gasteiger partial charge is 0.273 e. The molecule has 37 heavy (non-hydrogen) atoms. The van der Waals surface area contributed by atoms with Gasteiger partial charge in [0.1, 0.15) is 11.3 Å². The van der Waals surface area contributed by atoms with Crippen LogP contribution < -0.4 is 5.56 Å². The van der Waals surface area contributed by atoms with Crippen LogP contribution in [0.3, 0.4) is 0 Å². The number of halogens is 1. The first-order valence-corrected chi connectivity index (χ1v) is 12.6. The summed E-state index contributed by atoms with van der Waals surface area (Å²) < 4.78 is 3.20. The number of nitrogens with zero attached hydrogens (tertiary/aromatic N) is 5. The van der Waals surface area contributed by atoms with Crippen LogP contribution >= 0.6 is 11.6 Å². The van der Waals surface area contributed by atoms with Gasteiger partial charge >= 0.3 is 0 Å². The van der Waals surface area contributed by atoms with Crippen LogP contribution in [0.5, 0.6) is 0 Å². The molecule has 0 saturated heterocycles. The number of H-pyrrole nitrogens is 1. The van der Waals surface area contributed by atoms with Crippen LogP contribution in [-0.2, 0) is 37.6 Å². The van der Waals surface area contributed by atoms with Crippen molar-refractivity contribution in [1.82, 2.24) is 29.3 Å². The van der Waals surface area contributed by atoms with Gasteiger partial charge in [-0.05, 0) is 42.9 Å². The fraction of sp³-hybridized carbons (Fsp3) is 0.250. The molecule has 1 aromatic carbocycles. The highest BCUT2D eigenvalue weighted by atomic mass is 35.5. The van der Waals surface area contributed by atoms with Crippen LogP contribution in [0.25, 0.3) is 22.3 Å². The van der Waals surface area contributed by atoms with Gasteiger partial charge in [-0.15, -0.1) is 0 Å². The molecule has 8 nitrogen and oxygen atoms in total. The molecule has 1 N–H and O–H groups in total. The number of carbonyl (C=O) groups excluding carboxylic acids is 1. The van der Waals surface area contributed by atoms with E-state index in [2.05, 4.69) is 32.2 Å². The number of carbonyl (C=O) groups is 1. The van der Waals surface area contributed by atoms with E-state index in [1.54, 1.807) is 29.5 Å². The zero-order valence-corrected chi connectivity index (χ0v) is 21.3. The lowest BCUT2D eigenvalue weighted by molar-refractivity contribution is -0.119. The monoisotopic (exact) mass is 514 g/mol. The van der Waals surface area contributed by atoms with Crippen LogP contribution in [0.15, 0.2) is 72.2 Å². The molecule has 0 fully saturated rings. The molecule has 0 aliphatic heterocycles. The van der Waals surface area contributed by atoms with Gasteiger partial charge in [0.05, 0.1) is 29.7 Å². The summed E-state index contributed by atoms with van der Waals surface area (Å²) in [6, 6.07) is 12.1. The minimum atomic E-state index is -0.232. The van der Waals surface area contributed by atoms with Crippen LogP contribution in [0.4, 0.5) is 0 Å². The Kier molecular flexibility index (Phi) is 7.28. The van der Waals surface area contributed by atoms with Crippen molar-refractivity contribution in [3.63, 3.8) is 0 Å². The summed E-state index contributed by atoms with van der Waals surface area (Å²) in [5.41, 5.74) is 4.41. The second-order valence-electron chi connectivity index (χ2n) is 9.14. The molecular weight excluding hydrogens is 488 g/mol. The van der Waals surface area contributed by atoms with Crippen LogP contribution in [0, 0.1) is 0 Å². The van der Waals surface area contributed by atoms with E-state index >= 15 is 0 Å². The average Bonchev–Trinajstić information content (AvgIpc) is 3.50. The van der Waals surface area contributed by atoms with Crippen molar-refractivity contribution in [2.75, 3.05) is 0 Å². The maximum atomic E-state index is 13.5. The van der Waals surface area contributed by atoms with Crippen molar-refractivity contribution in [3.8, 4) is 11.3 Å². The van der Waals surface area contributed by atoms with Gasteiger partial charge in [-0.1, -0.05) is 41.9 Å². The Hall–Kier alpha value is -4.04. The quantitative estimate of drug-likeness (QED) is 0.295. The lowest BCUT2D eigenvalue weighted by Crippen LogP contribution is -2.29. The maximum Gasteiger partial charge on any atom is 0.273 e. The Labute approximate surface area is 219 Å². The zero-order valence-electron chi connectivity index (χ0n) is 20.5. The SMILES string of the molecule is Cn1cc(-c2cnc(CCCc3ccccc3)c(=O)n2CC(=O)CCc2cnc3[nH]cc(Cl)c3c2)cn1. The Bertz CT molecular complexity index is 1600. The lowest BCUT2D eigenvalue weighted by atomic mass is 10.1. The van der Waals surface area contributed by atoms with E-state index in [9.17, 15) is 9.59 Å². The third-order valence-corrected chi connectivity index (χ3v) is 6.72. The molecule has 0 bridgehead atoms. The summed E-state index contributed by atoms with van der Waals surface area (Å²) in [5, 5.41) is 5.65. The molecule has 0 atom stereocenters. The predicted molar refractivity (Wildman–Crippen MR) is 144 cm³/mol. The van der Waals surface area contributed by atoms with Crippen molar-refractivity contribution in [3.05, 3.63) is 99.6 Å². The number of rotatable bonds is 10. The van der Waals surface area contributed by atoms with Crippen molar-refractivity contribution in [1.29, 1.82) is 0 Å². The first-order chi connectivity index (χ1) is 18.0. The largest absolute Gasteiger partial charge is 0.345 e. The van der Waals surface area contributed by atoms with Crippen molar-refractivity contribution in [2.24, 2.45) is 7.05 Å². The van der Waals surface area contributed by atoms with Gasteiger partial charge in [0.15, 0.2) is 5.78 Å². The summed E-state index contributed by atoms with van der Waals surface area (Å²) in [4.78, 5) is 38.4. The van der Waals surface area contributed by atoms with E-state index < -0.39 is 0 Å². The predicted octanol–water partition coefficient (Wildman–Crippen LogP) is 4.55. The summed E-state index contributed by atoms with van der Waals surface area (Å²) in [5.74, 6) is -0.0473. The normalized spacial score (nSPS) is 11.3. The first-order valence-electron chi connectivity index (χ1n) is 12.2. The Morgan fingerprint density at radius 2 is 1.86 bits per heavy atom. The van der Waals surface area contributed by atoms with Crippen LogP contribution in [0.1, 0.15) is 29.7 Å². The summed E-state index contributed by atoms with van der Waals surface area (Å²) in [7, 11) is 1.81. The number of aromatic nitrogens is 6. The third-order valence-electron chi connectivity index (χ3n) is 6.41. The highest BCUT2D eigenvalue weighted by Crippen LogP contribution is 2.23. The molecule has 0 unspecified atom stereocenters. The number of hydrogen-bond acceptors (Lipinski definition) is 5.